The van der Waals surface area contributed by atoms with Crippen LogP contribution in [-0.4, -0.2) is 22.3 Å². The van der Waals surface area contributed by atoms with Crippen LogP contribution in [0.25, 0.3) is 11.0 Å². The molecule has 3 rings (SSSR count). The number of aromatic nitrogens is 2. The van der Waals surface area contributed by atoms with Crippen LogP contribution >= 0.6 is 11.6 Å². The summed E-state index contributed by atoms with van der Waals surface area (Å²) in [7, 11) is 0. The van der Waals surface area contributed by atoms with Crippen molar-refractivity contribution >= 4 is 28.6 Å². The van der Waals surface area contributed by atoms with Crippen molar-refractivity contribution in [2.24, 2.45) is 5.41 Å². The van der Waals surface area contributed by atoms with E-state index >= 15 is 0 Å². The first-order valence-electron chi connectivity index (χ1n) is 7.10. The van der Waals surface area contributed by atoms with Crippen molar-refractivity contribution in [3.8, 4) is 0 Å². The van der Waals surface area contributed by atoms with E-state index < -0.39 is 5.82 Å². The third-order valence-corrected chi connectivity index (χ3v) is 4.85. The van der Waals surface area contributed by atoms with Gasteiger partial charge < -0.3 is 15.0 Å². The molecule has 1 aliphatic rings. The summed E-state index contributed by atoms with van der Waals surface area (Å²) >= 11 is 5.81. The van der Waals surface area contributed by atoms with Gasteiger partial charge in [-0.3, -0.25) is 0 Å². The lowest BCUT2D eigenvalue weighted by molar-refractivity contribution is -0.126. The second kappa shape index (κ2) is 4.85. The van der Waals surface area contributed by atoms with E-state index in [0.717, 1.165) is 6.42 Å². The Balaban J connectivity index is 2.06. The van der Waals surface area contributed by atoms with Crippen LogP contribution in [0.4, 0.5) is 10.3 Å². The van der Waals surface area contributed by atoms with Crippen LogP contribution in [0, 0.1) is 11.2 Å². The average Bonchev–Trinajstić information content (AvgIpc) is 2.70. The summed E-state index contributed by atoms with van der Waals surface area (Å²) in [6.07, 6.45) is 1.03. The number of benzene rings is 1. The Morgan fingerprint density at radius 2 is 2.24 bits per heavy atom. The summed E-state index contributed by atoms with van der Waals surface area (Å²) in [4.78, 5) is 4.30. The molecule has 1 aromatic carbocycles. The van der Waals surface area contributed by atoms with Crippen LogP contribution < -0.4 is 5.73 Å². The third kappa shape index (κ3) is 2.10. The highest BCUT2D eigenvalue weighted by atomic mass is 35.5. The molecule has 2 atom stereocenters. The zero-order valence-electron chi connectivity index (χ0n) is 12.4. The molecule has 2 N–H and O–H groups in total. The summed E-state index contributed by atoms with van der Waals surface area (Å²) in [6.45, 7) is 6.95. The molecule has 2 aromatic rings. The van der Waals surface area contributed by atoms with Gasteiger partial charge in [-0.25, -0.2) is 9.37 Å². The molecule has 6 heteroatoms. The molecule has 1 aliphatic carbocycles. The number of anilines is 1. The third-order valence-electron chi connectivity index (χ3n) is 4.56. The molecule has 1 heterocycles. The predicted octanol–water partition coefficient (Wildman–Crippen LogP) is 3.79. The molecule has 0 amide bonds. The van der Waals surface area contributed by atoms with Gasteiger partial charge in [0, 0.05) is 24.1 Å². The Hall–Kier alpha value is -1.33. The van der Waals surface area contributed by atoms with Gasteiger partial charge in [0.1, 0.15) is 5.82 Å². The van der Waals surface area contributed by atoms with Crippen LogP contribution in [-0.2, 0) is 4.74 Å². The predicted molar refractivity (Wildman–Crippen MR) is 82.0 cm³/mol. The lowest BCUT2D eigenvalue weighted by Crippen LogP contribution is -2.51. The molecule has 0 bridgehead atoms. The summed E-state index contributed by atoms with van der Waals surface area (Å²) in [5.74, 6) is -0.0662. The van der Waals surface area contributed by atoms with Gasteiger partial charge in [-0.15, -0.1) is 0 Å². The lowest BCUT2D eigenvalue weighted by atomic mass is 9.64. The molecular formula is C15H19ClFN3O. The first-order valence-corrected chi connectivity index (χ1v) is 7.48. The fraction of sp³-hybridized carbons (Fsp3) is 0.533. The Morgan fingerprint density at radius 3 is 2.86 bits per heavy atom. The number of ether oxygens (including phenoxy) is 1. The molecule has 0 saturated heterocycles. The number of nitrogens with two attached hydrogens (primary N) is 1. The van der Waals surface area contributed by atoms with Gasteiger partial charge in [-0.2, -0.15) is 0 Å². The van der Waals surface area contributed by atoms with Crippen molar-refractivity contribution < 1.29 is 9.13 Å². The maximum atomic E-state index is 13.8. The Labute approximate surface area is 128 Å². The van der Waals surface area contributed by atoms with Crippen molar-refractivity contribution in [3.05, 3.63) is 23.0 Å². The Morgan fingerprint density at radius 1 is 1.52 bits per heavy atom. The molecule has 2 unspecified atom stereocenters. The standard InChI is InChI=1S/C15H19ClFN3O/c1-4-21-13-7-12(15(13,2)3)20-11-6-9(17)8(16)5-10(11)19-14(20)18/h5-6,12-13H,4,7H2,1-3H3,(H2,18,19). The monoisotopic (exact) mass is 311 g/mol. The van der Waals surface area contributed by atoms with E-state index in [9.17, 15) is 4.39 Å². The minimum Gasteiger partial charge on any atom is -0.378 e. The Kier molecular flexibility index (Phi) is 3.37. The van der Waals surface area contributed by atoms with Crippen LogP contribution in [0.15, 0.2) is 12.1 Å². The van der Waals surface area contributed by atoms with E-state index in [1.165, 1.54) is 12.1 Å². The van der Waals surface area contributed by atoms with Gasteiger partial charge in [-0.05, 0) is 19.4 Å². The number of hydrogen-bond donors (Lipinski definition) is 1. The topological polar surface area (TPSA) is 53.1 Å². The van der Waals surface area contributed by atoms with Crippen molar-refractivity contribution in [1.82, 2.24) is 9.55 Å². The number of nitrogens with zero attached hydrogens (tertiary/aromatic N) is 2. The zero-order valence-corrected chi connectivity index (χ0v) is 13.1. The summed E-state index contributed by atoms with van der Waals surface area (Å²) in [5, 5.41) is 0.0622. The fourth-order valence-electron chi connectivity index (χ4n) is 3.22. The molecule has 0 radical (unpaired) electrons. The fourth-order valence-corrected chi connectivity index (χ4v) is 3.38. The first kappa shape index (κ1) is 14.6. The average molecular weight is 312 g/mol. The molecular weight excluding hydrogens is 293 g/mol. The Bertz CT molecular complexity index is 698. The van der Waals surface area contributed by atoms with Crippen molar-refractivity contribution in [2.45, 2.75) is 39.3 Å². The van der Waals surface area contributed by atoms with Gasteiger partial charge in [-0.1, -0.05) is 25.4 Å². The maximum Gasteiger partial charge on any atom is 0.201 e. The number of nitrogen functional groups attached to an aromatic ring is 1. The maximum absolute atomic E-state index is 13.8. The van der Waals surface area contributed by atoms with Gasteiger partial charge in [0.2, 0.25) is 5.95 Å². The molecule has 1 aromatic heterocycles. The summed E-state index contributed by atoms with van der Waals surface area (Å²) in [5.41, 5.74) is 7.28. The molecule has 0 spiro atoms. The van der Waals surface area contributed by atoms with Crippen LogP contribution in [0.3, 0.4) is 0 Å². The largest absolute Gasteiger partial charge is 0.378 e. The highest BCUT2D eigenvalue weighted by molar-refractivity contribution is 6.31. The van der Waals surface area contributed by atoms with E-state index in [-0.39, 0.29) is 22.6 Å². The van der Waals surface area contributed by atoms with E-state index in [4.69, 9.17) is 22.1 Å². The molecule has 1 fully saturated rings. The van der Waals surface area contributed by atoms with Gasteiger partial charge in [0.25, 0.3) is 0 Å². The van der Waals surface area contributed by atoms with Crippen molar-refractivity contribution in [2.75, 3.05) is 12.3 Å². The molecule has 1 saturated carbocycles. The van der Waals surface area contributed by atoms with Crippen molar-refractivity contribution in [3.63, 3.8) is 0 Å². The van der Waals surface area contributed by atoms with E-state index in [1.807, 2.05) is 11.5 Å². The number of rotatable bonds is 3. The smallest absolute Gasteiger partial charge is 0.201 e. The SMILES string of the molecule is CCOC1CC(n2c(N)nc3cc(Cl)c(F)cc32)C1(C)C. The lowest BCUT2D eigenvalue weighted by Gasteiger charge is -2.52. The number of halogens is 2. The molecule has 0 aliphatic heterocycles. The quantitative estimate of drug-likeness (QED) is 0.938. The van der Waals surface area contributed by atoms with Gasteiger partial charge in [0.05, 0.1) is 22.2 Å². The molecule has 4 nitrogen and oxygen atoms in total. The molecule has 21 heavy (non-hydrogen) atoms. The minimum atomic E-state index is -0.455. The van der Waals surface area contributed by atoms with E-state index in [2.05, 4.69) is 18.8 Å². The van der Waals surface area contributed by atoms with Crippen LogP contribution in [0.1, 0.15) is 33.2 Å². The van der Waals surface area contributed by atoms with Gasteiger partial charge in [0.15, 0.2) is 0 Å². The molecule has 114 valence electrons. The summed E-state index contributed by atoms with van der Waals surface area (Å²) < 4.78 is 21.4. The van der Waals surface area contributed by atoms with E-state index in [0.29, 0.717) is 23.6 Å². The highest BCUT2D eigenvalue weighted by Crippen LogP contribution is 2.53. The summed E-state index contributed by atoms with van der Waals surface area (Å²) in [6, 6.07) is 3.07. The van der Waals surface area contributed by atoms with Crippen LogP contribution in [0.5, 0.6) is 0 Å². The second-order valence-electron chi connectivity index (χ2n) is 6.11. The zero-order chi connectivity index (χ0) is 15.4. The second-order valence-corrected chi connectivity index (χ2v) is 6.52. The normalized spacial score (nSPS) is 24.2. The van der Waals surface area contributed by atoms with E-state index in [1.54, 1.807) is 0 Å². The van der Waals surface area contributed by atoms with Crippen LogP contribution in [0.2, 0.25) is 5.02 Å². The number of imidazole rings is 1. The van der Waals surface area contributed by atoms with Crippen molar-refractivity contribution in [1.29, 1.82) is 0 Å². The highest BCUT2D eigenvalue weighted by Gasteiger charge is 2.50. The minimum absolute atomic E-state index is 0.0622. The van der Waals surface area contributed by atoms with Gasteiger partial charge >= 0.3 is 0 Å². The number of hydrogen-bond acceptors (Lipinski definition) is 3. The number of fused-ring (bicyclic) bond motifs is 1. The first-order chi connectivity index (χ1) is 9.86.